The second-order valence-corrected chi connectivity index (χ2v) is 5.29. The zero-order chi connectivity index (χ0) is 13.8. The molecule has 2 N–H and O–H groups in total. The van der Waals surface area contributed by atoms with Gasteiger partial charge in [-0.25, -0.2) is 9.97 Å². The number of hydrogen-bond acceptors (Lipinski definition) is 4. The largest absolute Gasteiger partial charge is 0.356 e. The van der Waals surface area contributed by atoms with Gasteiger partial charge in [-0.05, 0) is 25.3 Å². The van der Waals surface area contributed by atoms with E-state index in [1.807, 2.05) is 18.2 Å². The molecule has 1 aromatic heterocycles. The molecule has 0 spiro atoms. The molecule has 1 aliphatic heterocycles. The highest BCUT2D eigenvalue weighted by molar-refractivity contribution is 5.62. The zero-order valence-corrected chi connectivity index (χ0v) is 11.6. The molecule has 0 bridgehead atoms. The minimum Gasteiger partial charge on any atom is -0.356 e. The third-order valence-electron chi connectivity index (χ3n) is 3.99. The van der Waals surface area contributed by atoms with Crippen LogP contribution in [0.25, 0.3) is 11.3 Å². The first-order chi connectivity index (χ1) is 9.86. The van der Waals surface area contributed by atoms with E-state index in [2.05, 4.69) is 33.1 Å². The van der Waals surface area contributed by atoms with Gasteiger partial charge in [0.2, 0.25) is 0 Å². The highest BCUT2D eigenvalue weighted by Gasteiger charge is 2.19. The van der Waals surface area contributed by atoms with Crippen LogP contribution in [0, 0.1) is 5.92 Å². The fraction of sp³-hybridized carbons (Fsp3) is 0.375. The Hall–Kier alpha value is -1.94. The summed E-state index contributed by atoms with van der Waals surface area (Å²) >= 11 is 0. The molecule has 2 aromatic rings. The van der Waals surface area contributed by atoms with E-state index in [4.69, 9.17) is 5.73 Å². The zero-order valence-electron chi connectivity index (χ0n) is 11.6. The van der Waals surface area contributed by atoms with E-state index < -0.39 is 0 Å². The fourth-order valence-corrected chi connectivity index (χ4v) is 2.68. The van der Waals surface area contributed by atoms with E-state index in [1.165, 1.54) is 0 Å². The van der Waals surface area contributed by atoms with Gasteiger partial charge < -0.3 is 10.6 Å². The van der Waals surface area contributed by atoms with Crippen LogP contribution >= 0.6 is 0 Å². The number of benzene rings is 1. The minimum atomic E-state index is 0.668. The highest BCUT2D eigenvalue weighted by atomic mass is 15.2. The van der Waals surface area contributed by atoms with Gasteiger partial charge in [0.05, 0.1) is 5.69 Å². The van der Waals surface area contributed by atoms with Crippen LogP contribution in [0.5, 0.6) is 0 Å². The van der Waals surface area contributed by atoms with Crippen molar-refractivity contribution < 1.29 is 0 Å². The van der Waals surface area contributed by atoms with Crippen molar-refractivity contribution in [3.8, 4) is 11.3 Å². The normalized spacial score (nSPS) is 16.4. The predicted molar refractivity (Wildman–Crippen MR) is 81.5 cm³/mol. The number of aromatic nitrogens is 2. The van der Waals surface area contributed by atoms with Crippen LogP contribution in [-0.2, 0) is 0 Å². The summed E-state index contributed by atoms with van der Waals surface area (Å²) in [6.45, 7) is 2.87. The lowest BCUT2D eigenvalue weighted by molar-refractivity contribution is 0.413. The summed E-state index contributed by atoms with van der Waals surface area (Å²) < 4.78 is 0. The van der Waals surface area contributed by atoms with Gasteiger partial charge in [-0.1, -0.05) is 30.3 Å². The Morgan fingerprint density at radius 3 is 2.55 bits per heavy atom. The van der Waals surface area contributed by atoms with Crippen molar-refractivity contribution in [1.82, 2.24) is 9.97 Å². The van der Waals surface area contributed by atoms with Gasteiger partial charge in [-0.15, -0.1) is 0 Å². The molecule has 2 heterocycles. The van der Waals surface area contributed by atoms with E-state index >= 15 is 0 Å². The molecule has 1 fully saturated rings. The molecule has 0 atom stereocenters. The lowest BCUT2D eigenvalue weighted by Crippen LogP contribution is -2.36. The summed E-state index contributed by atoms with van der Waals surface area (Å²) in [5, 5.41) is 0. The third kappa shape index (κ3) is 2.80. The first-order valence-electron chi connectivity index (χ1n) is 7.19. The summed E-state index contributed by atoms with van der Waals surface area (Å²) in [4.78, 5) is 11.1. The molecule has 20 heavy (non-hydrogen) atoms. The number of nitrogens with two attached hydrogens (primary N) is 1. The molecule has 0 amide bonds. The number of rotatable bonds is 3. The van der Waals surface area contributed by atoms with Gasteiger partial charge in [0, 0.05) is 24.7 Å². The van der Waals surface area contributed by atoms with Gasteiger partial charge in [0.25, 0.3) is 0 Å². The van der Waals surface area contributed by atoms with E-state index in [-0.39, 0.29) is 0 Å². The predicted octanol–water partition coefficient (Wildman–Crippen LogP) is 2.32. The highest BCUT2D eigenvalue weighted by Crippen LogP contribution is 2.24. The number of piperidine rings is 1. The van der Waals surface area contributed by atoms with Gasteiger partial charge >= 0.3 is 0 Å². The summed E-state index contributed by atoms with van der Waals surface area (Å²) in [6.07, 6.45) is 3.97. The van der Waals surface area contributed by atoms with Gasteiger partial charge in [-0.3, -0.25) is 0 Å². The Labute approximate surface area is 119 Å². The SMILES string of the molecule is NCC1CCN(c2cc(-c3ccccc3)ncn2)CC1. The van der Waals surface area contributed by atoms with Crippen molar-refractivity contribution in [3.05, 3.63) is 42.7 Å². The summed E-state index contributed by atoms with van der Waals surface area (Å²) in [5.41, 5.74) is 7.86. The Morgan fingerprint density at radius 2 is 1.85 bits per heavy atom. The monoisotopic (exact) mass is 268 g/mol. The Bertz CT molecular complexity index is 547. The Balaban J connectivity index is 1.78. The van der Waals surface area contributed by atoms with Crippen molar-refractivity contribution in [2.24, 2.45) is 11.7 Å². The van der Waals surface area contributed by atoms with E-state index in [0.717, 1.165) is 49.6 Å². The molecule has 0 aliphatic carbocycles. The third-order valence-corrected chi connectivity index (χ3v) is 3.99. The van der Waals surface area contributed by atoms with E-state index in [0.29, 0.717) is 5.92 Å². The smallest absolute Gasteiger partial charge is 0.132 e. The number of hydrogen-bond donors (Lipinski definition) is 1. The van der Waals surface area contributed by atoms with Crippen LogP contribution < -0.4 is 10.6 Å². The number of nitrogens with zero attached hydrogens (tertiary/aromatic N) is 3. The summed E-state index contributed by atoms with van der Waals surface area (Å²) in [7, 11) is 0. The molecule has 4 heteroatoms. The lowest BCUT2D eigenvalue weighted by atomic mass is 9.97. The molecule has 4 nitrogen and oxygen atoms in total. The van der Waals surface area contributed by atoms with E-state index in [9.17, 15) is 0 Å². The van der Waals surface area contributed by atoms with Crippen LogP contribution in [0.3, 0.4) is 0 Å². The molecule has 104 valence electrons. The van der Waals surface area contributed by atoms with Crippen LogP contribution in [0.1, 0.15) is 12.8 Å². The maximum Gasteiger partial charge on any atom is 0.132 e. The van der Waals surface area contributed by atoms with Crippen molar-refractivity contribution in [2.45, 2.75) is 12.8 Å². The van der Waals surface area contributed by atoms with Gasteiger partial charge in [0.15, 0.2) is 0 Å². The standard InChI is InChI=1S/C16H20N4/c17-11-13-6-8-20(9-7-13)16-10-15(18-12-19-16)14-4-2-1-3-5-14/h1-5,10,12-13H,6-9,11,17H2. The molecule has 1 aliphatic rings. The second-order valence-electron chi connectivity index (χ2n) is 5.29. The van der Waals surface area contributed by atoms with Crippen molar-refractivity contribution in [3.63, 3.8) is 0 Å². The fourth-order valence-electron chi connectivity index (χ4n) is 2.68. The summed E-state index contributed by atoms with van der Waals surface area (Å²) in [5.74, 6) is 1.69. The number of anilines is 1. The second kappa shape index (κ2) is 6.01. The quantitative estimate of drug-likeness (QED) is 0.928. The lowest BCUT2D eigenvalue weighted by Gasteiger charge is -2.32. The first kappa shape index (κ1) is 13.1. The van der Waals surface area contributed by atoms with Gasteiger partial charge in [-0.2, -0.15) is 0 Å². The van der Waals surface area contributed by atoms with E-state index in [1.54, 1.807) is 6.33 Å². The summed E-state index contributed by atoms with van der Waals surface area (Å²) in [6, 6.07) is 12.3. The molecule has 0 saturated carbocycles. The van der Waals surface area contributed by atoms with Crippen LogP contribution in [0.15, 0.2) is 42.7 Å². The van der Waals surface area contributed by atoms with Crippen LogP contribution in [-0.4, -0.2) is 29.6 Å². The van der Waals surface area contributed by atoms with Crippen molar-refractivity contribution in [1.29, 1.82) is 0 Å². The van der Waals surface area contributed by atoms with Crippen molar-refractivity contribution in [2.75, 3.05) is 24.5 Å². The molecule has 1 saturated heterocycles. The van der Waals surface area contributed by atoms with Crippen molar-refractivity contribution >= 4 is 5.82 Å². The molecule has 1 aromatic carbocycles. The maximum absolute atomic E-state index is 5.74. The first-order valence-corrected chi connectivity index (χ1v) is 7.19. The topological polar surface area (TPSA) is 55.0 Å². The molecule has 3 rings (SSSR count). The Morgan fingerprint density at radius 1 is 1.10 bits per heavy atom. The van der Waals surface area contributed by atoms with Crippen LogP contribution in [0.2, 0.25) is 0 Å². The van der Waals surface area contributed by atoms with Gasteiger partial charge in [0.1, 0.15) is 12.1 Å². The Kier molecular flexibility index (Phi) is 3.92. The van der Waals surface area contributed by atoms with Crippen LogP contribution in [0.4, 0.5) is 5.82 Å². The minimum absolute atomic E-state index is 0.668. The molecule has 0 unspecified atom stereocenters. The average molecular weight is 268 g/mol. The molecular weight excluding hydrogens is 248 g/mol. The molecule has 0 radical (unpaired) electrons. The average Bonchev–Trinajstić information content (AvgIpc) is 2.56. The molecular formula is C16H20N4. The maximum atomic E-state index is 5.74.